The van der Waals surface area contributed by atoms with Gasteiger partial charge in [0.15, 0.2) is 11.0 Å². The highest BCUT2D eigenvalue weighted by Gasteiger charge is 2.22. The zero-order valence-electron chi connectivity index (χ0n) is 18.6. The van der Waals surface area contributed by atoms with Gasteiger partial charge in [0, 0.05) is 38.9 Å². The third-order valence-electron chi connectivity index (χ3n) is 5.70. The smallest absolute Gasteiger partial charge is 0.233 e. The molecule has 168 valence electrons. The van der Waals surface area contributed by atoms with Crippen LogP contribution in [0.4, 0.5) is 5.69 Å². The highest BCUT2D eigenvalue weighted by atomic mass is 32.2. The van der Waals surface area contributed by atoms with E-state index in [0.717, 1.165) is 49.3 Å². The van der Waals surface area contributed by atoms with Gasteiger partial charge in [-0.15, -0.1) is 10.2 Å². The normalized spacial score (nSPS) is 13.9. The molecule has 0 atom stereocenters. The van der Waals surface area contributed by atoms with Crippen molar-refractivity contribution in [2.45, 2.75) is 25.1 Å². The van der Waals surface area contributed by atoms with Gasteiger partial charge in [0.05, 0.1) is 5.75 Å². The molecule has 32 heavy (non-hydrogen) atoms. The summed E-state index contributed by atoms with van der Waals surface area (Å²) < 4.78 is 7.74. The second-order valence-electron chi connectivity index (χ2n) is 7.74. The Kier molecular flexibility index (Phi) is 7.32. The number of benzene rings is 2. The Labute approximate surface area is 193 Å². The van der Waals surface area contributed by atoms with E-state index < -0.39 is 0 Å². The number of carbonyl (C=O) groups excluding carboxylic acids is 1. The first-order chi connectivity index (χ1) is 15.6. The van der Waals surface area contributed by atoms with Gasteiger partial charge in [0.25, 0.3) is 0 Å². The van der Waals surface area contributed by atoms with E-state index in [1.165, 1.54) is 23.0 Å². The van der Waals surface area contributed by atoms with E-state index >= 15 is 0 Å². The predicted molar refractivity (Wildman–Crippen MR) is 127 cm³/mol. The van der Waals surface area contributed by atoms with Crippen LogP contribution >= 0.6 is 11.8 Å². The molecule has 0 spiro atoms. The molecule has 1 fully saturated rings. The lowest BCUT2D eigenvalue weighted by molar-refractivity contribution is -0.128. The number of rotatable bonds is 8. The van der Waals surface area contributed by atoms with Crippen LogP contribution in [0.1, 0.15) is 18.3 Å². The van der Waals surface area contributed by atoms with E-state index in [-0.39, 0.29) is 5.91 Å². The fraction of sp³-hybridized carbons (Fsp3) is 0.375. The van der Waals surface area contributed by atoms with Crippen LogP contribution in [0.2, 0.25) is 0 Å². The molecule has 1 aromatic heterocycles. The minimum absolute atomic E-state index is 0.138. The fourth-order valence-electron chi connectivity index (χ4n) is 3.64. The van der Waals surface area contributed by atoms with Crippen molar-refractivity contribution in [1.29, 1.82) is 0 Å². The zero-order valence-corrected chi connectivity index (χ0v) is 19.4. The molecule has 3 aromatic rings. The van der Waals surface area contributed by atoms with Crippen LogP contribution < -0.4 is 9.64 Å². The summed E-state index contributed by atoms with van der Waals surface area (Å²) in [5, 5.41) is 9.20. The van der Waals surface area contributed by atoms with E-state index in [1.807, 2.05) is 46.8 Å². The maximum absolute atomic E-state index is 12.7. The van der Waals surface area contributed by atoms with Crippen LogP contribution in [-0.4, -0.2) is 57.5 Å². The summed E-state index contributed by atoms with van der Waals surface area (Å²) in [6.07, 6.45) is 1.01. The topological polar surface area (TPSA) is 63.5 Å². The molecule has 2 aromatic carbocycles. The number of piperazine rings is 1. The average molecular weight is 452 g/mol. The number of hydrogen-bond acceptors (Lipinski definition) is 6. The number of anilines is 1. The third-order valence-corrected chi connectivity index (χ3v) is 6.71. The van der Waals surface area contributed by atoms with Crippen molar-refractivity contribution in [1.82, 2.24) is 19.7 Å². The number of aromatic nitrogens is 3. The number of thioether (sulfide) groups is 1. The summed E-state index contributed by atoms with van der Waals surface area (Å²) in [6, 6.07) is 18.4. The Bertz CT molecular complexity index is 1010. The van der Waals surface area contributed by atoms with Crippen molar-refractivity contribution in [3.8, 4) is 5.75 Å². The van der Waals surface area contributed by atoms with Crippen molar-refractivity contribution in [3.63, 3.8) is 0 Å². The Morgan fingerprint density at radius 1 is 1.00 bits per heavy atom. The average Bonchev–Trinajstić information content (AvgIpc) is 3.21. The summed E-state index contributed by atoms with van der Waals surface area (Å²) >= 11 is 1.42. The minimum atomic E-state index is 0.138. The van der Waals surface area contributed by atoms with Crippen LogP contribution in [0, 0.1) is 0 Å². The third kappa shape index (κ3) is 5.43. The maximum Gasteiger partial charge on any atom is 0.233 e. The molecule has 0 unspecified atom stereocenters. The molecular weight excluding hydrogens is 422 g/mol. The van der Waals surface area contributed by atoms with E-state index in [2.05, 4.69) is 46.3 Å². The van der Waals surface area contributed by atoms with E-state index in [0.29, 0.717) is 12.4 Å². The SMILES string of the molecule is CCc1ccc(OCc2nnc(SCC(=O)N3CCN(c4ccccc4)CC3)n2C)cc1. The van der Waals surface area contributed by atoms with Gasteiger partial charge in [-0.3, -0.25) is 4.79 Å². The maximum atomic E-state index is 12.7. The highest BCUT2D eigenvalue weighted by Crippen LogP contribution is 2.20. The van der Waals surface area contributed by atoms with Gasteiger partial charge in [0.2, 0.25) is 5.91 Å². The molecule has 7 nitrogen and oxygen atoms in total. The standard InChI is InChI=1S/C24H29N5O2S/c1-3-19-9-11-21(12-10-19)31-17-22-25-26-24(27(22)2)32-18-23(30)29-15-13-28(14-16-29)20-7-5-4-6-8-20/h4-12H,3,13-18H2,1-2H3. The summed E-state index contributed by atoms with van der Waals surface area (Å²) in [6.45, 7) is 5.65. The summed E-state index contributed by atoms with van der Waals surface area (Å²) in [7, 11) is 1.91. The van der Waals surface area contributed by atoms with Gasteiger partial charge >= 0.3 is 0 Å². The lowest BCUT2D eigenvalue weighted by Gasteiger charge is -2.36. The second kappa shape index (κ2) is 10.5. The van der Waals surface area contributed by atoms with Gasteiger partial charge in [-0.2, -0.15) is 0 Å². The number of aryl methyl sites for hydroxylation is 1. The minimum Gasteiger partial charge on any atom is -0.486 e. The number of amides is 1. The largest absolute Gasteiger partial charge is 0.486 e. The molecule has 0 saturated carbocycles. The molecule has 1 aliphatic rings. The predicted octanol–water partition coefficient (Wildman–Crippen LogP) is 3.40. The van der Waals surface area contributed by atoms with Crippen LogP contribution in [0.3, 0.4) is 0 Å². The first kappa shape index (κ1) is 22.2. The van der Waals surface area contributed by atoms with Gasteiger partial charge in [-0.05, 0) is 36.2 Å². The highest BCUT2D eigenvalue weighted by molar-refractivity contribution is 7.99. The molecule has 0 N–H and O–H groups in total. The lowest BCUT2D eigenvalue weighted by atomic mass is 10.2. The first-order valence-corrected chi connectivity index (χ1v) is 11.9. The number of nitrogens with zero attached hydrogens (tertiary/aromatic N) is 5. The molecule has 1 amide bonds. The Hall–Kier alpha value is -3.00. The molecule has 0 radical (unpaired) electrons. The summed E-state index contributed by atoms with van der Waals surface area (Å²) in [4.78, 5) is 17.0. The monoisotopic (exact) mass is 451 g/mol. The van der Waals surface area contributed by atoms with Crippen molar-refractivity contribution < 1.29 is 9.53 Å². The van der Waals surface area contributed by atoms with Crippen LogP contribution in [0.15, 0.2) is 59.8 Å². The summed E-state index contributed by atoms with van der Waals surface area (Å²) in [5.74, 6) is 2.04. The molecule has 4 rings (SSSR count). The fourth-order valence-corrected chi connectivity index (χ4v) is 4.47. The number of carbonyl (C=O) groups is 1. The first-order valence-electron chi connectivity index (χ1n) is 10.9. The Morgan fingerprint density at radius 2 is 1.72 bits per heavy atom. The quantitative estimate of drug-likeness (QED) is 0.489. The molecule has 8 heteroatoms. The number of para-hydroxylation sites is 1. The number of ether oxygens (including phenoxy) is 1. The van der Waals surface area contributed by atoms with Crippen molar-refractivity contribution in [2.75, 3.05) is 36.8 Å². The zero-order chi connectivity index (χ0) is 22.3. The van der Waals surface area contributed by atoms with E-state index in [4.69, 9.17) is 4.74 Å². The molecule has 1 saturated heterocycles. The van der Waals surface area contributed by atoms with Gasteiger partial charge < -0.3 is 19.1 Å². The Morgan fingerprint density at radius 3 is 2.41 bits per heavy atom. The van der Waals surface area contributed by atoms with Crippen LogP contribution in [0.5, 0.6) is 5.75 Å². The summed E-state index contributed by atoms with van der Waals surface area (Å²) in [5.41, 5.74) is 2.49. The van der Waals surface area contributed by atoms with Crippen LogP contribution in [0.25, 0.3) is 0 Å². The van der Waals surface area contributed by atoms with E-state index in [1.54, 1.807) is 0 Å². The van der Waals surface area contributed by atoms with Gasteiger partial charge in [-0.1, -0.05) is 49.0 Å². The molecular formula is C24H29N5O2S. The lowest BCUT2D eigenvalue weighted by Crippen LogP contribution is -2.49. The van der Waals surface area contributed by atoms with E-state index in [9.17, 15) is 4.79 Å². The van der Waals surface area contributed by atoms with Crippen molar-refractivity contribution in [3.05, 3.63) is 66.0 Å². The van der Waals surface area contributed by atoms with Crippen molar-refractivity contribution in [2.24, 2.45) is 7.05 Å². The number of hydrogen-bond donors (Lipinski definition) is 0. The molecule has 2 heterocycles. The van der Waals surface area contributed by atoms with Gasteiger partial charge in [0.1, 0.15) is 12.4 Å². The molecule has 0 aliphatic carbocycles. The van der Waals surface area contributed by atoms with Gasteiger partial charge in [-0.25, -0.2) is 0 Å². The second-order valence-corrected chi connectivity index (χ2v) is 8.68. The molecule has 0 bridgehead atoms. The Balaban J connectivity index is 1.24. The molecule has 1 aliphatic heterocycles. The van der Waals surface area contributed by atoms with Crippen LogP contribution in [-0.2, 0) is 24.9 Å². The van der Waals surface area contributed by atoms with Crippen molar-refractivity contribution >= 4 is 23.4 Å².